The molecule has 0 N–H and O–H groups in total. The maximum Gasteiger partial charge on any atom is 0.218 e. The van der Waals surface area contributed by atoms with Crippen molar-refractivity contribution in [1.82, 2.24) is 0 Å². The van der Waals surface area contributed by atoms with Crippen LogP contribution in [0.5, 0.6) is 0 Å². The molecule has 3 rings (SSSR count). The zero-order chi connectivity index (χ0) is 15.3. The number of rotatable bonds is 0. The second kappa shape index (κ2) is 16.4. The van der Waals surface area contributed by atoms with Gasteiger partial charge in [-0.25, -0.2) is 0 Å². The fourth-order valence-corrected chi connectivity index (χ4v) is 1.13. The molecule has 0 spiro atoms. The van der Waals surface area contributed by atoms with Gasteiger partial charge in [-0.3, -0.25) is 0 Å². The van der Waals surface area contributed by atoms with Gasteiger partial charge in [0.2, 0.25) is 37.2 Å². The Morgan fingerprint density at radius 1 is 0.333 bits per heavy atom. The fraction of sp³-hybridized carbons (Fsp3) is 0. The summed E-state index contributed by atoms with van der Waals surface area (Å²) in [6, 6.07) is 15.0. The fourth-order valence-electron chi connectivity index (χ4n) is 1.13. The summed E-state index contributed by atoms with van der Waals surface area (Å²) in [4.78, 5) is 1.50. The van der Waals surface area contributed by atoms with Crippen molar-refractivity contribution >= 4 is 0 Å². The summed E-state index contributed by atoms with van der Waals surface area (Å²) in [5, 5.41) is 0. The lowest BCUT2D eigenvalue weighted by Gasteiger charge is -1.69. The number of hydrogen-bond donors (Lipinski definition) is 0. The molecular weight excluding hydrogens is 336 g/mol. The van der Waals surface area contributed by atoms with Crippen molar-refractivity contribution in [2.75, 3.05) is 0 Å². The minimum Gasteiger partial charge on any atom is -1.00 e. The van der Waals surface area contributed by atoms with Crippen molar-refractivity contribution in [3.05, 3.63) is 91.8 Å². The molecule has 24 heavy (non-hydrogen) atoms. The summed E-state index contributed by atoms with van der Waals surface area (Å²) >= 11 is 0. The van der Waals surface area contributed by atoms with Crippen LogP contribution in [0.15, 0.2) is 91.8 Å². The van der Waals surface area contributed by atoms with Crippen LogP contribution in [0.25, 0.3) is 0 Å². The topological polar surface area (TPSA) is 11.6 Å². The van der Waals surface area contributed by atoms with Crippen LogP contribution in [0.2, 0.25) is 0 Å². The summed E-state index contributed by atoms with van der Waals surface area (Å²) in [5.41, 5.74) is 0. The van der Waals surface area contributed by atoms with Crippen molar-refractivity contribution in [2.24, 2.45) is 0 Å². The highest BCUT2D eigenvalue weighted by atomic mass is 19.2. The van der Waals surface area contributed by atoms with Gasteiger partial charge in [-0.1, -0.05) is 18.2 Å². The number of hydrogen-bond acceptors (Lipinski definition) is 0. The van der Waals surface area contributed by atoms with Crippen LogP contribution < -0.4 is 28.5 Å². The van der Waals surface area contributed by atoms with Crippen LogP contribution in [0, 0.1) is 0 Å². The molecule has 0 bridgehead atoms. The average Bonchev–Trinajstić information content (AvgIpc) is 2.51. The molecule has 3 heterocycles. The van der Waals surface area contributed by atoms with Gasteiger partial charge in [0.05, 0.1) is 13.4 Å². The molecule has 0 fully saturated rings. The van der Waals surface area contributed by atoms with E-state index in [0.29, 0.717) is 14.4 Å². The first-order valence-corrected chi connectivity index (χ1v) is 6.06. The molecule has 0 aliphatic heterocycles. The van der Waals surface area contributed by atoms with E-state index < -0.39 is 0 Å². The Bertz CT molecular complexity index is 510. The molecular formula is C15H15F6N3. The van der Waals surface area contributed by atoms with Crippen LogP contribution in [-0.4, -0.2) is 0 Å². The van der Waals surface area contributed by atoms with Crippen LogP contribution in [0.1, 0.15) is 0 Å². The van der Waals surface area contributed by atoms with E-state index in [1.165, 1.54) is 37.2 Å². The predicted octanol–water partition coefficient (Wildman–Crippen LogP) is -6.87. The molecule has 0 aromatic carbocycles. The zero-order valence-corrected chi connectivity index (χ0v) is 12.3. The van der Waals surface area contributed by atoms with Gasteiger partial charge in [-0.15, -0.1) is 0 Å². The molecule has 0 aliphatic carbocycles. The first kappa shape index (κ1) is 26.0. The summed E-state index contributed by atoms with van der Waals surface area (Å²) in [6.45, 7) is 0. The summed E-state index contributed by atoms with van der Waals surface area (Å²) < 4.78 is 35.5. The highest BCUT2D eigenvalue weighted by molar-refractivity contribution is 4.84. The van der Waals surface area contributed by atoms with Crippen LogP contribution in [0.3, 0.4) is 0 Å². The van der Waals surface area contributed by atoms with E-state index in [0.717, 1.165) is 0 Å². The SMILES string of the molecule is F[n+]1ccccc1.F[n+]1ccccc1.F[n+]1ccccc1.[F-].[F-].[F-]. The highest BCUT2D eigenvalue weighted by Crippen LogP contribution is 1.74. The van der Waals surface area contributed by atoms with Gasteiger partial charge in [0.25, 0.3) is 0 Å². The highest BCUT2D eigenvalue weighted by Gasteiger charge is 1.87. The molecule has 0 saturated carbocycles. The largest absolute Gasteiger partial charge is 1.00 e. The van der Waals surface area contributed by atoms with Gasteiger partial charge >= 0.3 is 0 Å². The van der Waals surface area contributed by atoms with Crippen molar-refractivity contribution in [3.8, 4) is 0 Å². The molecule has 0 amide bonds. The number of aromatic nitrogens is 3. The first-order chi connectivity index (χ1) is 10.2. The summed E-state index contributed by atoms with van der Waals surface area (Å²) in [5.74, 6) is 0. The van der Waals surface area contributed by atoms with Crippen LogP contribution in [0.4, 0.5) is 13.4 Å². The maximum atomic E-state index is 11.8. The molecule has 0 unspecified atom stereocenters. The van der Waals surface area contributed by atoms with Gasteiger partial charge in [-0.05, 0) is 0 Å². The second-order valence-electron chi connectivity index (χ2n) is 3.66. The Kier molecular flexibility index (Phi) is 17.7. The Labute approximate surface area is 134 Å². The van der Waals surface area contributed by atoms with E-state index in [9.17, 15) is 13.4 Å². The Morgan fingerprint density at radius 3 is 0.583 bits per heavy atom. The van der Waals surface area contributed by atoms with E-state index in [4.69, 9.17) is 0 Å². The van der Waals surface area contributed by atoms with Gasteiger partial charge in [0.15, 0.2) is 0 Å². The third-order valence-electron chi connectivity index (χ3n) is 2.04. The maximum absolute atomic E-state index is 11.8. The predicted molar refractivity (Wildman–Crippen MR) is 69.4 cm³/mol. The summed E-state index contributed by atoms with van der Waals surface area (Å²) in [6.07, 6.45) is 8.00. The minimum absolute atomic E-state index is 0. The lowest BCUT2D eigenvalue weighted by atomic mass is 10.5. The number of halogens is 6. The van der Waals surface area contributed by atoms with E-state index in [2.05, 4.69) is 0 Å². The molecule has 3 nitrogen and oxygen atoms in total. The standard InChI is InChI=1S/3C5H5FN.3FH/c3*6-7-4-2-1-3-5-7;;;/h3*1-5H;3*1H/q3*+1;;;/p-3. The van der Waals surface area contributed by atoms with Crippen LogP contribution >= 0.6 is 0 Å². The van der Waals surface area contributed by atoms with Crippen molar-refractivity contribution < 1.29 is 41.9 Å². The third-order valence-corrected chi connectivity index (χ3v) is 2.04. The van der Waals surface area contributed by atoms with E-state index in [1.54, 1.807) is 54.6 Å². The van der Waals surface area contributed by atoms with Gasteiger partial charge in [-0.2, -0.15) is 0 Å². The molecule has 3 aromatic rings. The smallest absolute Gasteiger partial charge is 0.218 e. The third kappa shape index (κ3) is 14.0. The lowest BCUT2D eigenvalue weighted by Crippen LogP contribution is -3.00. The Morgan fingerprint density at radius 2 is 0.500 bits per heavy atom. The normalized spacial score (nSPS) is 7.62. The Hall–Kier alpha value is -2.97. The average molecular weight is 351 g/mol. The first-order valence-electron chi connectivity index (χ1n) is 6.06. The number of nitrogens with zero attached hydrogens (tertiary/aromatic N) is 3. The minimum atomic E-state index is 0. The molecule has 132 valence electrons. The monoisotopic (exact) mass is 351 g/mol. The second-order valence-corrected chi connectivity index (χ2v) is 3.66. The van der Waals surface area contributed by atoms with E-state index in [1.807, 2.05) is 0 Å². The lowest BCUT2D eigenvalue weighted by molar-refractivity contribution is -0.843. The van der Waals surface area contributed by atoms with Crippen molar-refractivity contribution in [1.29, 1.82) is 0 Å². The van der Waals surface area contributed by atoms with Gasteiger partial charge in [0, 0.05) is 50.8 Å². The quantitative estimate of drug-likeness (QED) is 0.357. The molecule has 3 aromatic heterocycles. The number of pyridine rings is 3. The Balaban J connectivity index is -0.000000259. The molecule has 0 aliphatic rings. The van der Waals surface area contributed by atoms with Crippen molar-refractivity contribution in [3.63, 3.8) is 0 Å². The van der Waals surface area contributed by atoms with Crippen LogP contribution in [-0.2, 0) is 0 Å². The van der Waals surface area contributed by atoms with Gasteiger partial charge in [0.1, 0.15) is 0 Å². The summed E-state index contributed by atoms with van der Waals surface area (Å²) in [7, 11) is 0. The van der Waals surface area contributed by atoms with E-state index in [-0.39, 0.29) is 14.1 Å². The zero-order valence-electron chi connectivity index (χ0n) is 12.3. The van der Waals surface area contributed by atoms with Crippen molar-refractivity contribution in [2.45, 2.75) is 0 Å². The molecule has 0 atom stereocenters. The molecule has 9 heteroatoms. The molecule has 0 saturated heterocycles. The van der Waals surface area contributed by atoms with E-state index >= 15 is 0 Å². The van der Waals surface area contributed by atoms with Gasteiger partial charge < -0.3 is 14.1 Å². The molecule has 0 radical (unpaired) electrons.